The lowest BCUT2D eigenvalue weighted by molar-refractivity contribution is -0.119. The lowest BCUT2D eigenvalue weighted by Gasteiger charge is -2.24. The molecule has 30 heavy (non-hydrogen) atoms. The molecule has 0 radical (unpaired) electrons. The minimum atomic E-state index is -4.17. The molecule has 0 heterocycles. The first-order valence-corrected chi connectivity index (χ1v) is 10.6. The molecule has 1 N–H and O–H groups in total. The zero-order valence-electron chi connectivity index (χ0n) is 16.0. The van der Waals surface area contributed by atoms with Gasteiger partial charge in [0.2, 0.25) is 5.91 Å². The van der Waals surface area contributed by atoms with E-state index < -0.39 is 34.1 Å². The van der Waals surface area contributed by atoms with E-state index in [-0.39, 0.29) is 10.6 Å². The van der Waals surface area contributed by atoms with Crippen LogP contribution >= 0.6 is 0 Å². The Kier molecular flexibility index (Phi) is 6.79. The Morgan fingerprint density at radius 1 is 0.833 bits per heavy atom. The van der Waals surface area contributed by atoms with Crippen molar-refractivity contribution in [2.75, 3.05) is 17.4 Å². The molecule has 0 atom stereocenters. The van der Waals surface area contributed by atoms with E-state index in [0.29, 0.717) is 13.0 Å². The van der Waals surface area contributed by atoms with Gasteiger partial charge in [-0.2, -0.15) is 0 Å². The van der Waals surface area contributed by atoms with E-state index in [2.05, 4.69) is 5.32 Å². The largest absolute Gasteiger partial charge is 0.354 e. The van der Waals surface area contributed by atoms with Crippen LogP contribution in [-0.4, -0.2) is 27.4 Å². The zero-order valence-corrected chi connectivity index (χ0v) is 16.8. The van der Waals surface area contributed by atoms with Crippen molar-refractivity contribution in [3.63, 3.8) is 0 Å². The van der Waals surface area contributed by atoms with Crippen molar-refractivity contribution < 1.29 is 22.0 Å². The van der Waals surface area contributed by atoms with Crippen LogP contribution in [0, 0.1) is 11.6 Å². The van der Waals surface area contributed by atoms with Crippen molar-refractivity contribution in [3.05, 3.63) is 96.1 Å². The van der Waals surface area contributed by atoms with E-state index >= 15 is 0 Å². The number of anilines is 1. The summed E-state index contributed by atoms with van der Waals surface area (Å²) in [6, 6.07) is 18.6. The van der Waals surface area contributed by atoms with Crippen molar-refractivity contribution in [3.8, 4) is 0 Å². The third kappa shape index (κ3) is 5.42. The third-order valence-corrected chi connectivity index (χ3v) is 6.17. The molecule has 0 bridgehead atoms. The summed E-state index contributed by atoms with van der Waals surface area (Å²) in [6.45, 7) is -0.170. The van der Waals surface area contributed by atoms with Crippen molar-refractivity contribution in [1.29, 1.82) is 0 Å². The van der Waals surface area contributed by atoms with E-state index in [4.69, 9.17) is 0 Å². The molecule has 0 aromatic heterocycles. The van der Waals surface area contributed by atoms with Gasteiger partial charge in [0.15, 0.2) is 0 Å². The summed E-state index contributed by atoms with van der Waals surface area (Å²) in [7, 11) is -4.17. The summed E-state index contributed by atoms with van der Waals surface area (Å²) in [5.74, 6) is -1.63. The Hall–Kier alpha value is -3.26. The van der Waals surface area contributed by atoms with Crippen LogP contribution < -0.4 is 9.62 Å². The molecule has 5 nitrogen and oxygen atoms in total. The molecular formula is C22H20F2N2O3S. The van der Waals surface area contributed by atoms with Crippen molar-refractivity contribution in [2.45, 2.75) is 11.3 Å². The number of benzene rings is 3. The highest BCUT2D eigenvalue weighted by Crippen LogP contribution is 2.24. The zero-order chi connectivity index (χ0) is 21.6. The number of nitrogens with zero attached hydrogens (tertiary/aromatic N) is 1. The number of nitrogens with one attached hydrogen (secondary N) is 1. The van der Waals surface area contributed by atoms with Gasteiger partial charge >= 0.3 is 0 Å². The quantitative estimate of drug-likeness (QED) is 0.595. The first-order valence-electron chi connectivity index (χ1n) is 9.21. The smallest absolute Gasteiger partial charge is 0.264 e. The number of hydrogen-bond donors (Lipinski definition) is 1. The summed E-state index contributed by atoms with van der Waals surface area (Å²) in [5, 5.41) is 2.70. The molecule has 0 saturated carbocycles. The standard InChI is InChI=1S/C22H20F2N2O3S/c23-18-6-10-20(11-7-18)26(30(28,29)21-12-8-19(24)9-13-21)16-22(27)25-15-14-17-4-2-1-3-5-17/h1-13H,14-16H2,(H,25,27). The van der Waals surface area contributed by atoms with Crippen LogP contribution in [0.3, 0.4) is 0 Å². The van der Waals surface area contributed by atoms with E-state index in [1.165, 1.54) is 12.1 Å². The average molecular weight is 430 g/mol. The molecule has 0 aliphatic heterocycles. The molecule has 0 saturated heterocycles. The van der Waals surface area contributed by atoms with Gasteiger partial charge in [-0.1, -0.05) is 30.3 Å². The minimum absolute atomic E-state index is 0.124. The molecule has 156 valence electrons. The molecule has 0 fully saturated rings. The molecule has 8 heteroatoms. The average Bonchev–Trinajstić information content (AvgIpc) is 2.74. The Morgan fingerprint density at radius 2 is 1.40 bits per heavy atom. The van der Waals surface area contributed by atoms with Crippen LogP contribution in [-0.2, 0) is 21.2 Å². The Balaban J connectivity index is 1.78. The molecule has 0 spiro atoms. The first kappa shape index (κ1) is 21.4. The van der Waals surface area contributed by atoms with Crippen molar-refractivity contribution in [1.82, 2.24) is 5.32 Å². The van der Waals surface area contributed by atoms with Gasteiger partial charge < -0.3 is 5.32 Å². The van der Waals surface area contributed by atoms with Gasteiger partial charge in [0.05, 0.1) is 10.6 Å². The second kappa shape index (κ2) is 9.49. The molecule has 3 rings (SSSR count). The number of hydrogen-bond acceptors (Lipinski definition) is 3. The first-order chi connectivity index (χ1) is 14.4. The maximum absolute atomic E-state index is 13.3. The second-order valence-electron chi connectivity index (χ2n) is 6.53. The molecule has 0 aliphatic carbocycles. The SMILES string of the molecule is O=C(CN(c1ccc(F)cc1)S(=O)(=O)c1ccc(F)cc1)NCCc1ccccc1. The number of carbonyl (C=O) groups excluding carboxylic acids is 1. The molecule has 1 amide bonds. The van der Waals surface area contributed by atoms with Gasteiger partial charge in [-0.3, -0.25) is 9.10 Å². The predicted octanol–water partition coefficient (Wildman–Crippen LogP) is 3.52. The predicted molar refractivity (Wildman–Crippen MR) is 110 cm³/mol. The fourth-order valence-corrected chi connectivity index (χ4v) is 4.25. The highest BCUT2D eigenvalue weighted by molar-refractivity contribution is 7.92. The fourth-order valence-electron chi connectivity index (χ4n) is 2.83. The van der Waals surface area contributed by atoms with Gasteiger partial charge in [-0.25, -0.2) is 17.2 Å². The topological polar surface area (TPSA) is 66.5 Å². The van der Waals surface area contributed by atoms with Crippen LogP contribution in [0.5, 0.6) is 0 Å². The Bertz CT molecular complexity index is 1090. The molecule has 0 unspecified atom stereocenters. The number of sulfonamides is 1. The summed E-state index contributed by atoms with van der Waals surface area (Å²) >= 11 is 0. The van der Waals surface area contributed by atoms with Crippen molar-refractivity contribution in [2.24, 2.45) is 0 Å². The van der Waals surface area contributed by atoms with Gasteiger partial charge in [-0.05, 0) is 60.5 Å². The summed E-state index contributed by atoms with van der Waals surface area (Å²) in [5.41, 5.74) is 1.16. The van der Waals surface area contributed by atoms with Crippen LogP contribution in [0.4, 0.5) is 14.5 Å². The number of carbonyl (C=O) groups is 1. The van der Waals surface area contributed by atoms with Gasteiger partial charge in [0.25, 0.3) is 10.0 Å². The van der Waals surface area contributed by atoms with Crippen LogP contribution in [0.1, 0.15) is 5.56 Å². The molecule has 3 aromatic rings. The lowest BCUT2D eigenvalue weighted by Crippen LogP contribution is -2.41. The highest BCUT2D eigenvalue weighted by Gasteiger charge is 2.27. The molecule has 3 aromatic carbocycles. The van der Waals surface area contributed by atoms with Crippen LogP contribution in [0.15, 0.2) is 83.8 Å². The molecule has 0 aliphatic rings. The number of amides is 1. The highest BCUT2D eigenvalue weighted by atomic mass is 32.2. The van der Waals surface area contributed by atoms with Gasteiger partial charge in [0, 0.05) is 6.54 Å². The van der Waals surface area contributed by atoms with E-state index in [9.17, 15) is 22.0 Å². The lowest BCUT2D eigenvalue weighted by atomic mass is 10.1. The summed E-state index contributed by atoms with van der Waals surface area (Å²) in [4.78, 5) is 12.3. The van der Waals surface area contributed by atoms with Crippen molar-refractivity contribution >= 4 is 21.6 Å². The maximum Gasteiger partial charge on any atom is 0.264 e. The van der Waals surface area contributed by atoms with E-state index in [1.807, 2.05) is 30.3 Å². The fraction of sp³-hybridized carbons (Fsp3) is 0.136. The van der Waals surface area contributed by atoms with E-state index in [1.54, 1.807) is 0 Å². The van der Waals surface area contributed by atoms with Crippen LogP contribution in [0.2, 0.25) is 0 Å². The molecular weight excluding hydrogens is 410 g/mol. The van der Waals surface area contributed by atoms with Gasteiger partial charge in [-0.15, -0.1) is 0 Å². The maximum atomic E-state index is 13.3. The Labute approximate surface area is 174 Å². The third-order valence-electron chi connectivity index (χ3n) is 4.38. The normalized spacial score (nSPS) is 11.1. The summed E-state index contributed by atoms with van der Waals surface area (Å²) in [6.07, 6.45) is 0.591. The second-order valence-corrected chi connectivity index (χ2v) is 8.39. The number of halogens is 2. The van der Waals surface area contributed by atoms with Gasteiger partial charge in [0.1, 0.15) is 18.2 Å². The Morgan fingerprint density at radius 3 is 2.00 bits per heavy atom. The number of rotatable bonds is 8. The monoisotopic (exact) mass is 430 g/mol. The summed E-state index contributed by atoms with van der Waals surface area (Å²) < 4.78 is 53.6. The minimum Gasteiger partial charge on any atom is -0.354 e. The van der Waals surface area contributed by atoms with E-state index in [0.717, 1.165) is 46.3 Å². The van der Waals surface area contributed by atoms with Crippen LogP contribution in [0.25, 0.3) is 0 Å².